The Morgan fingerprint density at radius 1 is 1.52 bits per heavy atom. The minimum absolute atomic E-state index is 0.196. The molecule has 1 rings (SSSR count). The highest BCUT2D eigenvalue weighted by Crippen LogP contribution is 2.23. The number of amides is 1. The van der Waals surface area contributed by atoms with Gasteiger partial charge in [-0.25, -0.2) is 9.78 Å². The minimum atomic E-state index is -1.00. The van der Waals surface area contributed by atoms with Crippen LogP contribution in [0.4, 0.5) is 0 Å². The Bertz CT molecular complexity index is 527. The van der Waals surface area contributed by atoms with Gasteiger partial charge < -0.3 is 15.2 Å². The molecule has 7 heteroatoms. The van der Waals surface area contributed by atoms with Gasteiger partial charge in [0.1, 0.15) is 16.0 Å². The van der Waals surface area contributed by atoms with E-state index in [0.29, 0.717) is 23.7 Å². The number of carbonyl (C=O) groups is 2. The average Bonchev–Trinajstić information content (AvgIpc) is 2.81. The summed E-state index contributed by atoms with van der Waals surface area (Å²) in [6.07, 6.45) is 1.83. The normalized spacial score (nSPS) is 13.5. The molecule has 0 spiro atoms. The minimum Gasteiger partial charge on any atom is -0.477 e. The topological polar surface area (TPSA) is 88.5 Å². The highest BCUT2D eigenvalue weighted by atomic mass is 32.1. The number of nitrogens with one attached hydrogen (secondary N) is 1. The summed E-state index contributed by atoms with van der Waals surface area (Å²) in [5, 5.41) is 12.3. The third-order valence-corrected chi connectivity index (χ3v) is 4.12. The number of carboxylic acids is 1. The van der Waals surface area contributed by atoms with Crippen molar-refractivity contribution in [1.82, 2.24) is 10.3 Å². The van der Waals surface area contributed by atoms with E-state index in [2.05, 4.69) is 16.9 Å². The lowest BCUT2D eigenvalue weighted by Crippen LogP contribution is -2.36. The number of thiazole rings is 1. The lowest BCUT2D eigenvalue weighted by Gasteiger charge is -2.16. The SMILES string of the molecule is C=CCCOC(C)C(=O)NC(C)c1nc(C)c(C(=O)O)s1. The van der Waals surface area contributed by atoms with E-state index in [9.17, 15) is 9.59 Å². The maximum atomic E-state index is 11.9. The molecule has 0 aliphatic rings. The molecule has 2 atom stereocenters. The molecule has 2 unspecified atom stereocenters. The number of rotatable bonds is 8. The molecule has 0 aromatic carbocycles. The number of nitrogens with zero attached hydrogens (tertiary/aromatic N) is 1. The first-order valence-electron chi connectivity index (χ1n) is 6.60. The van der Waals surface area contributed by atoms with Gasteiger partial charge in [0.2, 0.25) is 5.91 Å². The summed E-state index contributed by atoms with van der Waals surface area (Å²) in [5.41, 5.74) is 0.457. The van der Waals surface area contributed by atoms with Crippen molar-refractivity contribution in [2.45, 2.75) is 39.3 Å². The van der Waals surface area contributed by atoms with Crippen LogP contribution in [0.2, 0.25) is 0 Å². The third-order valence-electron chi connectivity index (χ3n) is 2.80. The van der Waals surface area contributed by atoms with Crippen molar-refractivity contribution < 1.29 is 19.4 Å². The van der Waals surface area contributed by atoms with Crippen LogP contribution in [0.5, 0.6) is 0 Å². The van der Waals surface area contributed by atoms with Gasteiger partial charge in [0, 0.05) is 0 Å². The first-order valence-corrected chi connectivity index (χ1v) is 7.42. The van der Waals surface area contributed by atoms with Gasteiger partial charge in [-0.15, -0.1) is 17.9 Å². The van der Waals surface area contributed by atoms with Crippen LogP contribution in [0, 0.1) is 6.92 Å². The monoisotopic (exact) mass is 312 g/mol. The second-order valence-corrected chi connectivity index (χ2v) is 5.62. The van der Waals surface area contributed by atoms with E-state index >= 15 is 0 Å². The largest absolute Gasteiger partial charge is 0.477 e. The van der Waals surface area contributed by atoms with Crippen LogP contribution in [0.15, 0.2) is 12.7 Å². The van der Waals surface area contributed by atoms with Crippen molar-refractivity contribution in [2.24, 2.45) is 0 Å². The predicted octanol–water partition coefficient (Wildman–Crippen LogP) is 2.31. The summed E-state index contributed by atoms with van der Waals surface area (Å²) < 4.78 is 5.35. The fraction of sp³-hybridized carbons (Fsp3) is 0.500. The van der Waals surface area contributed by atoms with Crippen LogP contribution in [0.25, 0.3) is 0 Å². The zero-order valence-corrected chi connectivity index (χ0v) is 13.2. The number of ether oxygens (including phenoxy) is 1. The Hall–Kier alpha value is -1.73. The summed E-state index contributed by atoms with van der Waals surface area (Å²) >= 11 is 1.07. The number of hydrogen-bond acceptors (Lipinski definition) is 5. The van der Waals surface area contributed by atoms with E-state index in [1.165, 1.54) is 0 Å². The molecule has 0 fully saturated rings. The van der Waals surface area contributed by atoms with Crippen molar-refractivity contribution in [1.29, 1.82) is 0 Å². The molecule has 0 aliphatic heterocycles. The zero-order valence-electron chi connectivity index (χ0n) is 12.4. The molecule has 6 nitrogen and oxygen atoms in total. The van der Waals surface area contributed by atoms with Gasteiger partial charge in [0.15, 0.2) is 0 Å². The van der Waals surface area contributed by atoms with Gasteiger partial charge in [-0.1, -0.05) is 6.08 Å². The highest BCUT2D eigenvalue weighted by molar-refractivity contribution is 7.13. The third kappa shape index (κ3) is 4.95. The Morgan fingerprint density at radius 3 is 2.71 bits per heavy atom. The molecule has 2 N–H and O–H groups in total. The van der Waals surface area contributed by atoms with E-state index in [-0.39, 0.29) is 16.8 Å². The average molecular weight is 312 g/mol. The number of aryl methyl sites for hydroxylation is 1. The van der Waals surface area contributed by atoms with Gasteiger partial charge >= 0.3 is 5.97 Å². The molecular weight excluding hydrogens is 292 g/mol. The number of hydrogen-bond donors (Lipinski definition) is 2. The van der Waals surface area contributed by atoms with E-state index in [4.69, 9.17) is 9.84 Å². The molecule has 0 bridgehead atoms. The van der Waals surface area contributed by atoms with Gasteiger partial charge in [-0.3, -0.25) is 4.79 Å². The number of aromatic nitrogens is 1. The first kappa shape index (κ1) is 17.3. The summed E-state index contributed by atoms with van der Waals surface area (Å²) in [5.74, 6) is -1.26. The molecule has 0 saturated heterocycles. The van der Waals surface area contributed by atoms with Crippen LogP contribution in [0.1, 0.15) is 46.7 Å². The Morgan fingerprint density at radius 2 is 2.19 bits per heavy atom. The van der Waals surface area contributed by atoms with Crippen molar-refractivity contribution in [3.63, 3.8) is 0 Å². The molecule has 1 aromatic heterocycles. The second kappa shape index (κ2) is 7.90. The van der Waals surface area contributed by atoms with Gasteiger partial charge in [-0.2, -0.15) is 0 Å². The maximum Gasteiger partial charge on any atom is 0.347 e. The van der Waals surface area contributed by atoms with E-state index in [0.717, 1.165) is 11.3 Å². The number of carboxylic acid groups (broad SMARTS) is 1. The number of carbonyl (C=O) groups excluding carboxylic acids is 1. The smallest absolute Gasteiger partial charge is 0.347 e. The number of aromatic carboxylic acids is 1. The zero-order chi connectivity index (χ0) is 16.0. The molecule has 1 heterocycles. The van der Waals surface area contributed by atoms with Crippen LogP contribution in [-0.2, 0) is 9.53 Å². The molecule has 0 aliphatic carbocycles. The summed E-state index contributed by atoms with van der Waals surface area (Å²) in [6.45, 7) is 9.08. The standard InChI is InChI=1S/C14H20N2O4S/c1-5-6-7-20-10(4)12(17)15-9(3)13-16-8(2)11(21-13)14(18)19/h5,9-10H,1,6-7H2,2-4H3,(H,15,17)(H,18,19). The van der Waals surface area contributed by atoms with Crippen molar-refractivity contribution in [3.05, 3.63) is 28.2 Å². The fourth-order valence-corrected chi connectivity index (χ4v) is 2.51. The van der Waals surface area contributed by atoms with Crippen molar-refractivity contribution in [2.75, 3.05) is 6.61 Å². The van der Waals surface area contributed by atoms with E-state index in [1.807, 2.05) is 0 Å². The first-order chi connectivity index (χ1) is 9.86. The molecule has 1 amide bonds. The Labute approximate surface area is 127 Å². The van der Waals surface area contributed by atoms with Crippen LogP contribution >= 0.6 is 11.3 Å². The molecule has 0 saturated carbocycles. The molecule has 116 valence electrons. The molecule has 1 aromatic rings. The Kier molecular flexibility index (Phi) is 6.51. The maximum absolute atomic E-state index is 11.9. The van der Waals surface area contributed by atoms with Crippen LogP contribution in [-0.4, -0.2) is 34.7 Å². The van der Waals surface area contributed by atoms with Crippen LogP contribution in [0.3, 0.4) is 0 Å². The quantitative estimate of drug-likeness (QED) is 0.568. The van der Waals surface area contributed by atoms with Crippen molar-refractivity contribution in [3.8, 4) is 0 Å². The van der Waals surface area contributed by atoms with Crippen molar-refractivity contribution >= 4 is 23.2 Å². The summed E-state index contributed by atoms with van der Waals surface area (Å²) in [6, 6.07) is -0.361. The van der Waals surface area contributed by atoms with Gasteiger partial charge in [0.05, 0.1) is 18.3 Å². The summed E-state index contributed by atoms with van der Waals surface area (Å²) in [4.78, 5) is 27.3. The van der Waals surface area contributed by atoms with Gasteiger partial charge in [0.25, 0.3) is 0 Å². The molecular formula is C14H20N2O4S. The fourth-order valence-electron chi connectivity index (χ4n) is 1.60. The Balaban J connectivity index is 2.61. The van der Waals surface area contributed by atoms with E-state index in [1.54, 1.807) is 26.8 Å². The lowest BCUT2D eigenvalue weighted by atomic mass is 10.3. The van der Waals surface area contributed by atoms with E-state index < -0.39 is 12.1 Å². The predicted molar refractivity (Wildman–Crippen MR) is 80.6 cm³/mol. The molecule has 0 radical (unpaired) electrons. The highest BCUT2D eigenvalue weighted by Gasteiger charge is 2.21. The second-order valence-electron chi connectivity index (χ2n) is 4.59. The lowest BCUT2D eigenvalue weighted by molar-refractivity contribution is -0.132. The van der Waals surface area contributed by atoms with Crippen LogP contribution < -0.4 is 5.32 Å². The molecule has 21 heavy (non-hydrogen) atoms. The summed E-state index contributed by atoms with van der Waals surface area (Å²) in [7, 11) is 0. The van der Waals surface area contributed by atoms with Gasteiger partial charge in [-0.05, 0) is 27.2 Å².